The highest BCUT2D eigenvalue weighted by Crippen LogP contribution is 2.17. The van der Waals surface area contributed by atoms with Crippen LogP contribution in [0, 0.1) is 0 Å². The molecule has 122 valence electrons. The van der Waals surface area contributed by atoms with Gasteiger partial charge in [0, 0.05) is 18.1 Å². The lowest BCUT2D eigenvalue weighted by atomic mass is 9.94. The third kappa shape index (κ3) is 6.80. The molecule has 0 radical (unpaired) electrons. The minimum atomic E-state index is -0.361. The van der Waals surface area contributed by atoms with Gasteiger partial charge in [0.25, 0.3) is 0 Å². The number of carbonyl (C=O) groups is 2. The Hall–Kier alpha value is -1.30. The molecule has 0 heterocycles. The fraction of sp³-hybridized carbons (Fsp3) is 0.867. The molecule has 0 aliphatic heterocycles. The van der Waals surface area contributed by atoms with E-state index >= 15 is 0 Å². The third-order valence-electron chi connectivity index (χ3n) is 4.40. The third-order valence-corrected chi connectivity index (χ3v) is 4.40. The van der Waals surface area contributed by atoms with E-state index in [1.54, 1.807) is 0 Å². The van der Waals surface area contributed by atoms with E-state index in [4.69, 9.17) is 5.73 Å². The van der Waals surface area contributed by atoms with Gasteiger partial charge in [0.05, 0.1) is 6.54 Å². The summed E-state index contributed by atoms with van der Waals surface area (Å²) in [5.74, 6) is -0.203. The fourth-order valence-corrected chi connectivity index (χ4v) is 2.48. The maximum Gasteiger partial charge on any atom is 0.315 e. The Labute approximate surface area is 127 Å². The Kier molecular flexibility index (Phi) is 7.50. The smallest absolute Gasteiger partial charge is 0.315 e. The number of rotatable bonds is 7. The SMILES string of the molecule is CCC(N)(CC)CNC(=O)CNC(=O)NC1CCCCC1. The van der Waals surface area contributed by atoms with Gasteiger partial charge < -0.3 is 21.7 Å². The monoisotopic (exact) mass is 298 g/mol. The lowest BCUT2D eigenvalue weighted by Gasteiger charge is -2.27. The van der Waals surface area contributed by atoms with Crippen LogP contribution < -0.4 is 21.7 Å². The predicted molar refractivity (Wildman–Crippen MR) is 83.9 cm³/mol. The number of urea groups is 1. The number of carbonyl (C=O) groups excluding carboxylic acids is 2. The summed E-state index contributed by atoms with van der Waals surface area (Å²) in [6.45, 7) is 4.43. The summed E-state index contributed by atoms with van der Waals surface area (Å²) in [6.07, 6.45) is 7.25. The van der Waals surface area contributed by atoms with Crippen molar-refractivity contribution >= 4 is 11.9 Å². The molecule has 1 saturated carbocycles. The van der Waals surface area contributed by atoms with Crippen LogP contribution in [0.25, 0.3) is 0 Å². The molecule has 1 aliphatic rings. The molecule has 0 unspecified atom stereocenters. The highest BCUT2D eigenvalue weighted by Gasteiger charge is 2.21. The van der Waals surface area contributed by atoms with E-state index in [-0.39, 0.29) is 30.1 Å². The number of hydrogen-bond donors (Lipinski definition) is 4. The summed E-state index contributed by atoms with van der Waals surface area (Å²) in [6, 6.07) is -0.0132. The molecular formula is C15H30N4O2. The maximum absolute atomic E-state index is 11.7. The molecule has 0 atom stereocenters. The zero-order valence-corrected chi connectivity index (χ0v) is 13.3. The van der Waals surface area contributed by atoms with Gasteiger partial charge in [-0.15, -0.1) is 0 Å². The van der Waals surface area contributed by atoms with Gasteiger partial charge in [-0.1, -0.05) is 33.1 Å². The van der Waals surface area contributed by atoms with Crippen molar-refractivity contribution in [3.05, 3.63) is 0 Å². The van der Waals surface area contributed by atoms with Crippen molar-refractivity contribution in [3.63, 3.8) is 0 Å². The first-order valence-corrected chi connectivity index (χ1v) is 8.09. The number of nitrogens with one attached hydrogen (secondary N) is 3. The van der Waals surface area contributed by atoms with Crippen molar-refractivity contribution in [1.82, 2.24) is 16.0 Å². The van der Waals surface area contributed by atoms with E-state index in [9.17, 15) is 9.59 Å². The molecule has 0 aromatic heterocycles. The van der Waals surface area contributed by atoms with Crippen LogP contribution in [0.1, 0.15) is 58.8 Å². The average Bonchev–Trinajstić information content (AvgIpc) is 2.51. The zero-order chi connectivity index (χ0) is 15.7. The number of nitrogens with two attached hydrogens (primary N) is 1. The van der Waals surface area contributed by atoms with Crippen molar-refractivity contribution in [2.24, 2.45) is 5.73 Å². The van der Waals surface area contributed by atoms with Crippen molar-refractivity contribution in [3.8, 4) is 0 Å². The molecule has 1 aliphatic carbocycles. The van der Waals surface area contributed by atoms with Crippen LogP contribution >= 0.6 is 0 Å². The first kappa shape index (κ1) is 17.8. The number of amides is 3. The summed E-state index contributed by atoms with van der Waals surface area (Å²) in [4.78, 5) is 23.4. The fourth-order valence-electron chi connectivity index (χ4n) is 2.48. The lowest BCUT2D eigenvalue weighted by molar-refractivity contribution is -0.120. The summed E-state index contributed by atoms with van der Waals surface area (Å²) in [7, 11) is 0. The van der Waals surface area contributed by atoms with E-state index in [0.717, 1.165) is 38.5 Å². The van der Waals surface area contributed by atoms with Gasteiger partial charge in [-0.3, -0.25) is 4.79 Å². The highest BCUT2D eigenvalue weighted by atomic mass is 16.2. The Morgan fingerprint density at radius 1 is 1.10 bits per heavy atom. The summed E-state index contributed by atoms with van der Waals surface area (Å²) in [5.41, 5.74) is 5.75. The predicted octanol–water partition coefficient (Wildman–Crippen LogP) is 1.25. The van der Waals surface area contributed by atoms with E-state index in [2.05, 4.69) is 16.0 Å². The van der Waals surface area contributed by atoms with Gasteiger partial charge in [0.15, 0.2) is 0 Å². The molecule has 0 aromatic carbocycles. The lowest BCUT2D eigenvalue weighted by Crippen LogP contribution is -2.52. The first-order valence-electron chi connectivity index (χ1n) is 8.09. The van der Waals surface area contributed by atoms with Crippen molar-refractivity contribution in [2.45, 2.75) is 70.4 Å². The standard InChI is InChI=1S/C15H30N4O2/c1-3-15(16,4-2)11-18-13(20)10-17-14(21)19-12-8-6-5-7-9-12/h12H,3-11,16H2,1-2H3,(H,18,20)(H2,17,19,21). The molecule has 0 aromatic rings. The van der Waals surface area contributed by atoms with E-state index in [1.165, 1.54) is 6.42 Å². The quantitative estimate of drug-likeness (QED) is 0.569. The van der Waals surface area contributed by atoms with Gasteiger partial charge in [0.1, 0.15) is 0 Å². The molecule has 0 saturated heterocycles. The van der Waals surface area contributed by atoms with Crippen LogP contribution in [-0.2, 0) is 4.79 Å². The summed E-state index contributed by atoms with van der Waals surface area (Å²) >= 11 is 0. The molecule has 0 bridgehead atoms. The van der Waals surface area contributed by atoms with Gasteiger partial charge >= 0.3 is 6.03 Å². The molecule has 6 heteroatoms. The van der Waals surface area contributed by atoms with Crippen LogP contribution in [0.4, 0.5) is 4.79 Å². The number of hydrogen-bond acceptors (Lipinski definition) is 3. The molecule has 0 spiro atoms. The largest absolute Gasteiger partial charge is 0.353 e. The maximum atomic E-state index is 11.7. The minimum Gasteiger partial charge on any atom is -0.353 e. The topological polar surface area (TPSA) is 96.2 Å². The van der Waals surface area contributed by atoms with Gasteiger partial charge in [0.2, 0.25) is 5.91 Å². The normalized spacial score (nSPS) is 16.3. The minimum absolute atomic E-state index is 0.0118. The Balaban J connectivity index is 2.18. The van der Waals surface area contributed by atoms with Gasteiger partial charge in [-0.05, 0) is 25.7 Å². The zero-order valence-electron chi connectivity index (χ0n) is 13.3. The molecule has 1 fully saturated rings. The van der Waals surface area contributed by atoms with Crippen LogP contribution in [-0.4, -0.2) is 36.6 Å². The summed E-state index contributed by atoms with van der Waals surface area (Å²) in [5, 5.41) is 8.29. The summed E-state index contributed by atoms with van der Waals surface area (Å²) < 4.78 is 0. The van der Waals surface area contributed by atoms with Crippen LogP contribution in [0.5, 0.6) is 0 Å². The van der Waals surface area contributed by atoms with E-state index in [1.807, 2.05) is 13.8 Å². The highest BCUT2D eigenvalue weighted by molar-refractivity contribution is 5.84. The second kappa shape index (κ2) is 8.87. The molecule has 21 heavy (non-hydrogen) atoms. The first-order chi connectivity index (χ1) is 9.99. The Morgan fingerprint density at radius 3 is 2.29 bits per heavy atom. The van der Waals surface area contributed by atoms with E-state index in [0.29, 0.717) is 6.54 Å². The average molecular weight is 298 g/mol. The van der Waals surface area contributed by atoms with Gasteiger partial charge in [-0.25, -0.2) is 4.79 Å². The molecule has 5 N–H and O–H groups in total. The van der Waals surface area contributed by atoms with Crippen LogP contribution in [0.15, 0.2) is 0 Å². The van der Waals surface area contributed by atoms with Crippen molar-refractivity contribution in [2.75, 3.05) is 13.1 Å². The molecular weight excluding hydrogens is 268 g/mol. The second-order valence-electron chi connectivity index (χ2n) is 6.01. The van der Waals surface area contributed by atoms with Crippen molar-refractivity contribution < 1.29 is 9.59 Å². The van der Waals surface area contributed by atoms with Gasteiger partial charge in [-0.2, -0.15) is 0 Å². The van der Waals surface area contributed by atoms with Crippen LogP contribution in [0.2, 0.25) is 0 Å². The van der Waals surface area contributed by atoms with Crippen LogP contribution in [0.3, 0.4) is 0 Å². The van der Waals surface area contributed by atoms with E-state index < -0.39 is 0 Å². The molecule has 6 nitrogen and oxygen atoms in total. The second-order valence-corrected chi connectivity index (χ2v) is 6.01. The molecule has 1 rings (SSSR count). The molecule has 3 amide bonds. The Morgan fingerprint density at radius 2 is 1.71 bits per heavy atom. The Bertz CT molecular complexity index is 337. The van der Waals surface area contributed by atoms with Crippen molar-refractivity contribution in [1.29, 1.82) is 0 Å².